The van der Waals surface area contributed by atoms with Gasteiger partial charge in [0.2, 0.25) is 5.91 Å². The van der Waals surface area contributed by atoms with Crippen LogP contribution >= 0.6 is 0 Å². The predicted molar refractivity (Wildman–Crippen MR) is 133 cm³/mol. The summed E-state index contributed by atoms with van der Waals surface area (Å²) in [4.78, 5) is 53.1. The van der Waals surface area contributed by atoms with Crippen molar-refractivity contribution in [3.05, 3.63) is 0 Å². The number of carbonyl (C=O) groups excluding carboxylic acids is 1. The summed E-state index contributed by atoms with van der Waals surface area (Å²) in [5, 5.41) is 30.6. The Morgan fingerprint density at radius 3 is 1.57 bits per heavy atom. The summed E-state index contributed by atoms with van der Waals surface area (Å²) < 4.78 is 11.4. The van der Waals surface area contributed by atoms with Crippen LogP contribution < -0.4 is 5.32 Å². The number of aliphatic carboxylic acids is 3. The van der Waals surface area contributed by atoms with Crippen molar-refractivity contribution in [2.75, 3.05) is 105 Å². The third-order valence-corrected chi connectivity index (χ3v) is 5.69. The minimum Gasteiger partial charge on any atom is -0.480 e. The lowest BCUT2D eigenvalue weighted by atomic mass is 10.3. The van der Waals surface area contributed by atoms with Crippen LogP contribution in [0.4, 0.5) is 0 Å². The van der Waals surface area contributed by atoms with Crippen LogP contribution in [0.3, 0.4) is 0 Å². The van der Waals surface area contributed by atoms with Crippen molar-refractivity contribution in [1.29, 1.82) is 0 Å². The van der Waals surface area contributed by atoms with Gasteiger partial charge in [-0.25, -0.2) is 0 Å². The third kappa shape index (κ3) is 17.7. The van der Waals surface area contributed by atoms with E-state index >= 15 is 0 Å². The van der Waals surface area contributed by atoms with Gasteiger partial charge in [0.25, 0.3) is 0 Å². The zero-order chi connectivity index (χ0) is 27.5. The molecule has 0 radical (unpaired) electrons. The van der Waals surface area contributed by atoms with E-state index in [2.05, 4.69) is 5.32 Å². The van der Waals surface area contributed by atoms with E-state index < -0.39 is 17.9 Å². The topological polar surface area (TPSA) is 172 Å². The first-order valence-corrected chi connectivity index (χ1v) is 12.7. The predicted octanol–water partition coefficient (Wildman–Crippen LogP) is -1.63. The molecule has 1 heterocycles. The van der Waals surface area contributed by atoms with E-state index in [4.69, 9.17) is 9.47 Å². The fourth-order valence-corrected chi connectivity index (χ4v) is 3.68. The van der Waals surface area contributed by atoms with Gasteiger partial charge in [-0.15, -0.1) is 0 Å². The lowest BCUT2D eigenvalue weighted by Crippen LogP contribution is -2.44. The Balaban J connectivity index is 2.87. The lowest BCUT2D eigenvalue weighted by Gasteiger charge is -2.27. The highest BCUT2D eigenvalue weighted by Crippen LogP contribution is 1.99. The number of carbonyl (C=O) groups is 4. The van der Waals surface area contributed by atoms with E-state index in [9.17, 15) is 34.5 Å². The molecule has 1 aliphatic rings. The van der Waals surface area contributed by atoms with Gasteiger partial charge in [-0.1, -0.05) is 13.3 Å². The maximum absolute atomic E-state index is 12.4. The molecule has 37 heavy (non-hydrogen) atoms. The second-order valence-electron chi connectivity index (χ2n) is 8.92. The number of ether oxygens (including phenoxy) is 2. The minimum absolute atomic E-state index is 0.00861. The van der Waals surface area contributed by atoms with E-state index in [0.29, 0.717) is 52.4 Å². The molecule has 214 valence electrons. The molecule has 1 saturated heterocycles. The zero-order valence-corrected chi connectivity index (χ0v) is 21.8. The summed E-state index contributed by atoms with van der Waals surface area (Å²) in [6, 6.07) is 0. The molecule has 0 aromatic rings. The van der Waals surface area contributed by atoms with Crippen LogP contribution in [0.2, 0.25) is 0 Å². The molecule has 14 nitrogen and oxygen atoms in total. The van der Waals surface area contributed by atoms with E-state index in [0.717, 1.165) is 12.8 Å². The second-order valence-corrected chi connectivity index (χ2v) is 8.92. The van der Waals surface area contributed by atoms with Crippen molar-refractivity contribution in [1.82, 2.24) is 24.9 Å². The minimum atomic E-state index is -1.03. The summed E-state index contributed by atoms with van der Waals surface area (Å²) >= 11 is 0. The maximum atomic E-state index is 12.4. The van der Waals surface area contributed by atoms with Gasteiger partial charge < -0.3 is 30.1 Å². The molecular weight excluding hydrogens is 490 g/mol. The highest BCUT2D eigenvalue weighted by atomic mass is 16.5. The van der Waals surface area contributed by atoms with Crippen molar-refractivity contribution < 1.29 is 44.0 Å². The molecule has 0 bridgehead atoms. The quantitative estimate of drug-likeness (QED) is 0.223. The van der Waals surface area contributed by atoms with Gasteiger partial charge in [0.05, 0.1) is 52.7 Å². The molecule has 1 amide bonds. The van der Waals surface area contributed by atoms with Crippen molar-refractivity contribution in [3.63, 3.8) is 0 Å². The molecule has 0 unspecified atom stereocenters. The third-order valence-electron chi connectivity index (χ3n) is 5.69. The highest BCUT2D eigenvalue weighted by Gasteiger charge is 2.18. The number of unbranched alkanes of at least 4 members (excludes halogenated alkanes) is 1. The van der Waals surface area contributed by atoms with E-state index in [1.54, 1.807) is 14.7 Å². The number of hydrogen-bond acceptors (Lipinski definition) is 10. The highest BCUT2D eigenvalue weighted by molar-refractivity contribution is 5.78. The van der Waals surface area contributed by atoms with Gasteiger partial charge in [0.15, 0.2) is 0 Å². The van der Waals surface area contributed by atoms with E-state index in [1.807, 2.05) is 11.8 Å². The summed E-state index contributed by atoms with van der Waals surface area (Å²) in [7, 11) is 0. The number of carboxylic acids is 3. The number of rotatable bonds is 11. The molecule has 14 heteroatoms. The first-order valence-electron chi connectivity index (χ1n) is 12.7. The molecular formula is C23H43N5O9. The fraction of sp³-hybridized carbons (Fsp3) is 0.826. The Morgan fingerprint density at radius 2 is 1.08 bits per heavy atom. The van der Waals surface area contributed by atoms with Crippen molar-refractivity contribution in [2.45, 2.75) is 19.8 Å². The first kappa shape index (κ1) is 32.7. The number of hydrogen-bond donors (Lipinski definition) is 4. The average molecular weight is 534 g/mol. The fourth-order valence-electron chi connectivity index (χ4n) is 3.68. The summed E-state index contributed by atoms with van der Waals surface area (Å²) in [6.07, 6.45) is 1.86. The van der Waals surface area contributed by atoms with Crippen LogP contribution in [0.25, 0.3) is 0 Å². The Kier molecular flexibility index (Phi) is 17.4. The van der Waals surface area contributed by atoms with Crippen LogP contribution in [0.5, 0.6) is 0 Å². The van der Waals surface area contributed by atoms with Crippen molar-refractivity contribution >= 4 is 23.8 Å². The number of amides is 1. The Labute approximate surface area is 218 Å². The zero-order valence-electron chi connectivity index (χ0n) is 21.8. The number of carboxylic acid groups (broad SMARTS) is 3. The summed E-state index contributed by atoms with van der Waals surface area (Å²) in [5.41, 5.74) is 0. The number of nitrogens with one attached hydrogen (secondary N) is 1. The van der Waals surface area contributed by atoms with Crippen LogP contribution in [0, 0.1) is 0 Å². The van der Waals surface area contributed by atoms with Crippen LogP contribution in [-0.2, 0) is 28.7 Å². The standard InChI is InChI=1S/C23H43N5O9/c1-2-3-4-24-20(29)15-25-5-6-26(16-21(30)31)11-14-37-19-28(18-23(34)35)8-7-27(17-22(32)33)10-13-36-12-9-25/h2-19H2,1H3,(H,24,29)(H,30,31)(H,32,33)(H,34,35). The number of nitrogens with zero attached hydrogens (tertiary/aromatic N) is 4. The van der Waals surface area contributed by atoms with Crippen molar-refractivity contribution in [3.8, 4) is 0 Å². The molecule has 0 aliphatic carbocycles. The first-order chi connectivity index (χ1) is 17.7. The molecule has 0 aromatic heterocycles. The van der Waals surface area contributed by atoms with Gasteiger partial charge in [0.1, 0.15) is 0 Å². The Bertz CT molecular complexity index is 698. The summed E-state index contributed by atoms with van der Waals surface area (Å²) in [5.74, 6) is -3.12. The second kappa shape index (κ2) is 19.7. The molecule has 0 spiro atoms. The lowest BCUT2D eigenvalue weighted by molar-refractivity contribution is -0.141. The average Bonchev–Trinajstić information content (AvgIpc) is 2.81. The monoisotopic (exact) mass is 533 g/mol. The molecule has 0 saturated carbocycles. The van der Waals surface area contributed by atoms with Crippen molar-refractivity contribution in [2.24, 2.45) is 0 Å². The molecule has 0 atom stereocenters. The van der Waals surface area contributed by atoms with Gasteiger partial charge in [0, 0.05) is 52.4 Å². The Morgan fingerprint density at radius 1 is 0.649 bits per heavy atom. The van der Waals surface area contributed by atoms with Crippen LogP contribution in [0.15, 0.2) is 0 Å². The Hall–Kier alpha value is -2.36. The molecule has 1 fully saturated rings. The molecule has 4 N–H and O–H groups in total. The van der Waals surface area contributed by atoms with Gasteiger partial charge in [-0.2, -0.15) is 0 Å². The van der Waals surface area contributed by atoms with Gasteiger partial charge in [-0.05, 0) is 6.42 Å². The maximum Gasteiger partial charge on any atom is 0.317 e. The molecule has 1 aliphatic heterocycles. The molecule has 0 aromatic carbocycles. The van der Waals surface area contributed by atoms with E-state index in [-0.39, 0.29) is 58.6 Å². The van der Waals surface area contributed by atoms with Crippen LogP contribution in [-0.4, -0.2) is 164 Å². The van der Waals surface area contributed by atoms with Gasteiger partial charge >= 0.3 is 17.9 Å². The van der Waals surface area contributed by atoms with E-state index in [1.165, 1.54) is 0 Å². The molecule has 1 rings (SSSR count). The smallest absolute Gasteiger partial charge is 0.317 e. The largest absolute Gasteiger partial charge is 0.480 e. The SMILES string of the molecule is CCCCNC(=O)CN1CCOCCN(CC(=O)O)CCN(CC(=O)O)COCCN(CC(=O)O)CC1. The summed E-state index contributed by atoms with van der Waals surface area (Å²) in [6.45, 7) is 5.41. The van der Waals surface area contributed by atoms with Gasteiger partial charge in [-0.3, -0.25) is 38.8 Å². The normalized spacial score (nSPS) is 19.2. The van der Waals surface area contributed by atoms with Crippen LogP contribution in [0.1, 0.15) is 19.8 Å².